The lowest BCUT2D eigenvalue weighted by molar-refractivity contribution is -0.115. The minimum atomic E-state index is -0.326. The first kappa shape index (κ1) is 31.4. The number of carbonyl (C=O) groups excluding carboxylic acids is 2. The molecule has 0 fully saturated rings. The topological polar surface area (TPSA) is 82.3 Å². The Balaban J connectivity index is 1.47. The molecule has 0 aliphatic rings. The lowest BCUT2D eigenvalue weighted by atomic mass is 10.0. The molecule has 6 nitrogen and oxygen atoms in total. The third-order valence-corrected chi connectivity index (χ3v) is 6.67. The van der Waals surface area contributed by atoms with E-state index < -0.39 is 0 Å². The smallest absolute Gasteiger partial charge is 0.250 e. The van der Waals surface area contributed by atoms with Crippen LogP contribution < -0.4 is 21.3 Å². The summed E-state index contributed by atoms with van der Waals surface area (Å²) in [7, 11) is 0. The largest absolute Gasteiger partial charge is 0.332 e. The van der Waals surface area contributed by atoms with Crippen LogP contribution in [0.25, 0.3) is 12.2 Å². The van der Waals surface area contributed by atoms with Gasteiger partial charge in [0.2, 0.25) is 11.8 Å². The predicted molar refractivity (Wildman–Crippen MR) is 179 cm³/mol. The number of rotatable bonds is 8. The van der Waals surface area contributed by atoms with Crippen molar-refractivity contribution in [2.24, 2.45) is 0 Å². The fourth-order valence-corrected chi connectivity index (χ4v) is 4.26. The van der Waals surface area contributed by atoms with E-state index in [2.05, 4.69) is 73.2 Å². The highest BCUT2D eigenvalue weighted by molar-refractivity contribution is 7.80. The quantitative estimate of drug-likeness (QED) is 0.164. The lowest BCUT2D eigenvalue weighted by Crippen LogP contribution is -2.33. The molecule has 0 spiro atoms. The summed E-state index contributed by atoms with van der Waals surface area (Å²) in [5.41, 5.74) is 6.66. The minimum absolute atomic E-state index is 0.184. The van der Waals surface area contributed by atoms with Gasteiger partial charge in [0.1, 0.15) is 0 Å². The maximum Gasteiger partial charge on any atom is 0.250 e. The maximum absolute atomic E-state index is 12.3. The summed E-state index contributed by atoms with van der Waals surface area (Å²) in [6, 6.07) is 21.6. The normalized spacial score (nSPS) is 11.2. The van der Waals surface area contributed by atoms with Gasteiger partial charge in [-0.15, -0.1) is 0 Å². The number of carbonyl (C=O) groups is 2. The zero-order valence-electron chi connectivity index (χ0n) is 23.9. The van der Waals surface area contributed by atoms with Gasteiger partial charge in [-0.05, 0) is 101 Å². The molecule has 3 aromatic carbocycles. The maximum atomic E-state index is 12.3. The molecule has 0 aromatic heterocycles. The van der Waals surface area contributed by atoms with Crippen LogP contribution in [-0.4, -0.2) is 22.0 Å². The molecule has 0 atom stereocenters. The van der Waals surface area contributed by atoms with Gasteiger partial charge < -0.3 is 10.6 Å². The third kappa shape index (κ3) is 10.4. The summed E-state index contributed by atoms with van der Waals surface area (Å²) >= 11 is 10.6. The molecule has 0 aliphatic carbocycles. The molecule has 0 saturated heterocycles. The van der Waals surface area contributed by atoms with Crippen molar-refractivity contribution in [1.29, 1.82) is 0 Å². The minimum Gasteiger partial charge on any atom is -0.332 e. The van der Waals surface area contributed by atoms with E-state index in [9.17, 15) is 9.59 Å². The average Bonchev–Trinajstić information content (AvgIpc) is 2.92. The monoisotopic (exact) mass is 584 g/mol. The van der Waals surface area contributed by atoms with E-state index in [0.29, 0.717) is 17.5 Å². The number of thiocarbonyl (C=S) groups is 2. The van der Waals surface area contributed by atoms with Crippen molar-refractivity contribution < 1.29 is 9.59 Å². The van der Waals surface area contributed by atoms with Crippen LogP contribution in [0.2, 0.25) is 0 Å². The van der Waals surface area contributed by atoms with Gasteiger partial charge in [-0.25, -0.2) is 0 Å². The van der Waals surface area contributed by atoms with E-state index in [1.807, 2.05) is 43.3 Å². The summed E-state index contributed by atoms with van der Waals surface area (Å²) in [5, 5.41) is 11.7. The van der Waals surface area contributed by atoms with E-state index in [1.165, 1.54) is 23.3 Å². The summed E-state index contributed by atoms with van der Waals surface area (Å²) < 4.78 is 0. The molecule has 3 rings (SSSR count). The second-order valence-corrected chi connectivity index (χ2v) is 11.0. The molecule has 0 aliphatic heterocycles. The molecule has 0 saturated carbocycles. The van der Waals surface area contributed by atoms with E-state index in [1.54, 1.807) is 18.2 Å². The fraction of sp³-hybridized carbons (Fsp3) is 0.212. The lowest BCUT2D eigenvalue weighted by Gasteiger charge is -2.13. The van der Waals surface area contributed by atoms with Crippen molar-refractivity contribution in [1.82, 2.24) is 10.6 Å². The first-order valence-corrected chi connectivity index (χ1v) is 14.2. The van der Waals surface area contributed by atoms with Crippen LogP contribution in [0.15, 0.2) is 78.9 Å². The van der Waals surface area contributed by atoms with Crippen molar-refractivity contribution in [3.05, 3.63) is 107 Å². The highest BCUT2D eigenvalue weighted by atomic mass is 32.1. The predicted octanol–water partition coefficient (Wildman–Crippen LogP) is 7.29. The zero-order valence-corrected chi connectivity index (χ0v) is 25.6. The molecule has 41 heavy (non-hydrogen) atoms. The third-order valence-electron chi connectivity index (χ3n) is 6.27. The number of nitrogens with one attached hydrogen (secondary N) is 4. The van der Waals surface area contributed by atoms with E-state index >= 15 is 0 Å². The van der Waals surface area contributed by atoms with Crippen molar-refractivity contribution >= 4 is 70.0 Å². The summed E-state index contributed by atoms with van der Waals surface area (Å²) in [6.45, 7) is 10.5. The highest BCUT2D eigenvalue weighted by Gasteiger charge is 2.07. The number of amides is 2. The van der Waals surface area contributed by atoms with Gasteiger partial charge in [-0.2, -0.15) is 0 Å². The molecular formula is C33H36N4O2S2. The Morgan fingerprint density at radius 1 is 0.659 bits per heavy atom. The molecule has 0 heterocycles. The number of hydrogen-bond acceptors (Lipinski definition) is 4. The number of hydrogen-bond donors (Lipinski definition) is 4. The van der Waals surface area contributed by atoms with Crippen LogP contribution in [-0.2, 0) is 9.59 Å². The Hall–Kier alpha value is -4.14. The summed E-state index contributed by atoms with van der Waals surface area (Å²) in [5.74, 6) is 0.260. The van der Waals surface area contributed by atoms with Gasteiger partial charge in [-0.3, -0.25) is 20.2 Å². The van der Waals surface area contributed by atoms with E-state index in [0.717, 1.165) is 22.4 Å². The molecule has 2 amide bonds. The molecule has 3 aromatic rings. The van der Waals surface area contributed by atoms with Crippen LogP contribution >= 0.6 is 24.4 Å². The zero-order chi connectivity index (χ0) is 29.9. The van der Waals surface area contributed by atoms with Gasteiger partial charge >= 0.3 is 0 Å². The average molecular weight is 585 g/mol. The van der Waals surface area contributed by atoms with Crippen LogP contribution in [0.1, 0.15) is 67.3 Å². The van der Waals surface area contributed by atoms with Crippen molar-refractivity contribution in [2.45, 2.75) is 46.5 Å². The van der Waals surface area contributed by atoms with Gasteiger partial charge in [-0.1, -0.05) is 76.2 Å². The molecular weight excluding hydrogens is 549 g/mol. The Morgan fingerprint density at radius 2 is 1.10 bits per heavy atom. The standard InChI is InChI=1S/C33H36N4O2S2/c1-21(2)26-12-6-24(7-13-26)10-18-30(38)36-32(40)34-28-16-17-29(23(5)20-28)35-33(41)37-31(39)19-11-25-8-14-27(15-9-25)22(3)4/h6-22H,1-5H3,(H2,34,36,38,40)(H2,35,37,39,41). The molecule has 4 N–H and O–H groups in total. The first-order valence-electron chi connectivity index (χ1n) is 13.4. The van der Waals surface area contributed by atoms with Crippen molar-refractivity contribution in [3.8, 4) is 0 Å². The highest BCUT2D eigenvalue weighted by Crippen LogP contribution is 2.20. The fourth-order valence-electron chi connectivity index (χ4n) is 3.83. The van der Waals surface area contributed by atoms with Crippen molar-refractivity contribution in [3.63, 3.8) is 0 Å². The van der Waals surface area contributed by atoms with Gasteiger partial charge in [0.05, 0.1) is 0 Å². The number of aryl methyl sites for hydroxylation is 1. The SMILES string of the molecule is Cc1cc(NC(=S)NC(=O)C=Cc2ccc(C(C)C)cc2)ccc1NC(=S)NC(=O)C=Cc1ccc(C(C)C)cc1. The Bertz CT molecular complexity index is 1460. The van der Waals surface area contributed by atoms with Crippen LogP contribution in [0.5, 0.6) is 0 Å². The Morgan fingerprint density at radius 3 is 1.51 bits per heavy atom. The Labute approximate surface area is 253 Å². The second kappa shape index (κ2) is 15.0. The second-order valence-electron chi connectivity index (χ2n) is 10.2. The van der Waals surface area contributed by atoms with Crippen LogP contribution in [0.4, 0.5) is 11.4 Å². The first-order chi connectivity index (χ1) is 19.5. The van der Waals surface area contributed by atoms with E-state index in [-0.39, 0.29) is 22.0 Å². The molecule has 0 unspecified atom stereocenters. The van der Waals surface area contributed by atoms with Gasteiger partial charge in [0.15, 0.2) is 10.2 Å². The molecule has 212 valence electrons. The molecule has 8 heteroatoms. The molecule has 0 radical (unpaired) electrons. The Kier molecular flexibility index (Phi) is 11.5. The summed E-state index contributed by atoms with van der Waals surface area (Å²) in [6.07, 6.45) is 6.39. The van der Waals surface area contributed by atoms with Crippen molar-refractivity contribution in [2.75, 3.05) is 10.6 Å². The molecule has 0 bridgehead atoms. The summed E-state index contributed by atoms with van der Waals surface area (Å²) in [4.78, 5) is 24.6. The van der Waals surface area contributed by atoms with Crippen LogP contribution in [0, 0.1) is 6.92 Å². The van der Waals surface area contributed by atoms with Gasteiger partial charge in [0.25, 0.3) is 0 Å². The van der Waals surface area contributed by atoms with Gasteiger partial charge in [0, 0.05) is 23.5 Å². The van der Waals surface area contributed by atoms with E-state index in [4.69, 9.17) is 24.4 Å². The van der Waals surface area contributed by atoms with Crippen LogP contribution in [0.3, 0.4) is 0 Å². The number of anilines is 2. The number of benzene rings is 3.